The van der Waals surface area contributed by atoms with E-state index in [9.17, 15) is 4.79 Å². The Kier molecular flexibility index (Phi) is 7.17. The first-order valence-electron chi connectivity index (χ1n) is 7.49. The molecule has 0 fully saturated rings. The van der Waals surface area contributed by atoms with Crippen LogP contribution >= 0.6 is 15.9 Å². The summed E-state index contributed by atoms with van der Waals surface area (Å²) >= 11 is 3.37. The molecule has 2 rings (SSSR count). The molecule has 2 aromatic rings. The maximum absolute atomic E-state index is 12.2. The predicted octanol–water partition coefficient (Wildman–Crippen LogP) is 3.28. The van der Waals surface area contributed by atoms with Gasteiger partial charge >= 0.3 is 0 Å². The fraction of sp³-hybridized carbons (Fsp3) is 0.211. The topological polar surface area (TPSA) is 56.8 Å². The second kappa shape index (κ2) is 9.60. The average Bonchev–Trinajstić information content (AvgIpc) is 2.63. The summed E-state index contributed by atoms with van der Waals surface area (Å²) in [6.45, 7) is 0.454. The lowest BCUT2D eigenvalue weighted by molar-refractivity contribution is 0.0955. The van der Waals surface area contributed by atoms with Crippen LogP contribution in [0.1, 0.15) is 10.4 Å². The summed E-state index contributed by atoms with van der Waals surface area (Å²) in [5.41, 5.74) is 0.397. The van der Waals surface area contributed by atoms with Crippen molar-refractivity contribution in [2.45, 2.75) is 0 Å². The quantitative estimate of drug-likeness (QED) is 0.751. The van der Waals surface area contributed by atoms with Gasteiger partial charge in [-0.05, 0) is 30.3 Å². The number of benzene rings is 2. The summed E-state index contributed by atoms with van der Waals surface area (Å²) in [5.74, 6) is 7.05. The molecule has 0 atom stereocenters. The summed E-state index contributed by atoms with van der Waals surface area (Å²) in [7, 11) is 3.02. The molecule has 0 heterocycles. The number of hydrogen-bond acceptors (Lipinski definition) is 4. The van der Waals surface area contributed by atoms with Crippen molar-refractivity contribution in [3.63, 3.8) is 0 Å². The third-order valence-corrected chi connectivity index (χ3v) is 3.71. The van der Waals surface area contributed by atoms with Crippen LogP contribution in [0.15, 0.2) is 46.9 Å². The number of amides is 1. The molecule has 130 valence electrons. The van der Waals surface area contributed by atoms with E-state index in [-0.39, 0.29) is 19.1 Å². The van der Waals surface area contributed by atoms with Crippen LogP contribution in [0.5, 0.6) is 17.2 Å². The van der Waals surface area contributed by atoms with Crippen LogP contribution in [0, 0.1) is 11.8 Å². The van der Waals surface area contributed by atoms with Gasteiger partial charge in [-0.1, -0.05) is 39.9 Å². The minimum atomic E-state index is -0.280. The number of carbonyl (C=O) groups excluding carboxylic acids is 1. The Bertz CT molecular complexity index is 795. The molecule has 1 N–H and O–H groups in total. The number of ether oxygens (including phenoxy) is 3. The molecular weight excluding hydrogens is 386 g/mol. The summed E-state index contributed by atoms with van der Waals surface area (Å²) in [4.78, 5) is 12.2. The van der Waals surface area contributed by atoms with Gasteiger partial charge < -0.3 is 19.5 Å². The minimum absolute atomic E-state index is 0.209. The Morgan fingerprint density at radius 1 is 1.12 bits per heavy atom. The van der Waals surface area contributed by atoms with E-state index in [1.165, 1.54) is 14.2 Å². The predicted molar refractivity (Wildman–Crippen MR) is 99.3 cm³/mol. The van der Waals surface area contributed by atoms with Crippen molar-refractivity contribution in [3.8, 4) is 29.1 Å². The summed E-state index contributed by atoms with van der Waals surface area (Å²) in [6, 6.07) is 12.6. The monoisotopic (exact) mass is 403 g/mol. The molecule has 1 amide bonds. The molecule has 0 spiro atoms. The molecule has 0 unspecified atom stereocenters. The smallest absolute Gasteiger partial charge is 0.255 e. The maximum Gasteiger partial charge on any atom is 0.255 e. The lowest BCUT2D eigenvalue weighted by Crippen LogP contribution is -2.24. The number of para-hydroxylation sites is 1. The van der Waals surface area contributed by atoms with Crippen LogP contribution in [0.2, 0.25) is 0 Å². The molecule has 0 aliphatic carbocycles. The Morgan fingerprint density at radius 2 is 1.92 bits per heavy atom. The van der Waals surface area contributed by atoms with Crippen molar-refractivity contribution in [1.82, 2.24) is 5.32 Å². The largest absolute Gasteiger partial charge is 0.493 e. The normalized spacial score (nSPS) is 9.56. The zero-order chi connectivity index (χ0) is 18.1. The van der Waals surface area contributed by atoms with Crippen LogP contribution in [0.4, 0.5) is 0 Å². The molecule has 2 aromatic carbocycles. The van der Waals surface area contributed by atoms with Crippen LogP contribution in [0.25, 0.3) is 0 Å². The van der Waals surface area contributed by atoms with Gasteiger partial charge in [0.2, 0.25) is 0 Å². The summed E-state index contributed by atoms with van der Waals surface area (Å²) < 4.78 is 16.9. The first-order chi connectivity index (χ1) is 12.2. The van der Waals surface area contributed by atoms with Crippen LogP contribution in [0.3, 0.4) is 0 Å². The van der Waals surface area contributed by atoms with Gasteiger partial charge in [-0.15, -0.1) is 0 Å². The van der Waals surface area contributed by atoms with E-state index >= 15 is 0 Å². The molecule has 0 aromatic heterocycles. The van der Waals surface area contributed by atoms with E-state index in [0.717, 1.165) is 10.2 Å². The summed E-state index contributed by atoms with van der Waals surface area (Å²) in [6.07, 6.45) is 0. The van der Waals surface area contributed by atoms with Crippen molar-refractivity contribution >= 4 is 21.8 Å². The van der Waals surface area contributed by atoms with E-state index in [1.807, 2.05) is 24.3 Å². The van der Waals surface area contributed by atoms with Crippen LogP contribution in [-0.4, -0.2) is 33.3 Å². The molecule has 5 nitrogen and oxygen atoms in total. The second-order valence-electron chi connectivity index (χ2n) is 4.82. The van der Waals surface area contributed by atoms with E-state index in [0.29, 0.717) is 17.1 Å². The highest BCUT2D eigenvalue weighted by Crippen LogP contribution is 2.30. The Balaban J connectivity index is 1.85. The maximum atomic E-state index is 12.2. The summed E-state index contributed by atoms with van der Waals surface area (Å²) in [5, 5.41) is 2.72. The SMILES string of the molecule is COc1cccc(C(=O)NCC#CCOc2cccc(Br)c2)c1OC. The molecule has 0 saturated carbocycles. The van der Waals surface area contributed by atoms with Crippen molar-refractivity contribution in [1.29, 1.82) is 0 Å². The fourth-order valence-electron chi connectivity index (χ4n) is 2.08. The standard InChI is InChI=1S/C19H18BrNO4/c1-23-17-10-6-9-16(18(17)24-2)19(22)21-11-3-4-12-25-15-8-5-7-14(20)13-15/h5-10,13H,11-12H2,1-2H3,(H,21,22). The van der Waals surface area contributed by atoms with E-state index in [2.05, 4.69) is 33.1 Å². The van der Waals surface area contributed by atoms with Gasteiger partial charge in [0.15, 0.2) is 11.5 Å². The lowest BCUT2D eigenvalue weighted by atomic mass is 10.1. The van der Waals surface area contributed by atoms with Gasteiger partial charge in [0, 0.05) is 4.47 Å². The average molecular weight is 404 g/mol. The third-order valence-electron chi connectivity index (χ3n) is 3.22. The van der Waals surface area contributed by atoms with Crippen LogP contribution in [-0.2, 0) is 0 Å². The van der Waals surface area contributed by atoms with Crippen LogP contribution < -0.4 is 19.5 Å². The first kappa shape index (κ1) is 18.7. The Hall–Kier alpha value is -2.65. The van der Waals surface area contributed by atoms with Crippen molar-refractivity contribution < 1.29 is 19.0 Å². The van der Waals surface area contributed by atoms with Crippen molar-refractivity contribution in [3.05, 3.63) is 52.5 Å². The minimum Gasteiger partial charge on any atom is -0.493 e. The Morgan fingerprint density at radius 3 is 2.64 bits per heavy atom. The van der Waals surface area contributed by atoms with E-state index in [1.54, 1.807) is 18.2 Å². The van der Waals surface area contributed by atoms with Crippen molar-refractivity contribution in [2.75, 3.05) is 27.4 Å². The van der Waals surface area contributed by atoms with Gasteiger partial charge in [-0.3, -0.25) is 4.79 Å². The first-order valence-corrected chi connectivity index (χ1v) is 8.28. The molecule has 0 radical (unpaired) electrons. The molecule has 0 aliphatic rings. The van der Waals surface area contributed by atoms with Gasteiger partial charge in [-0.2, -0.15) is 0 Å². The number of nitrogens with one attached hydrogen (secondary N) is 1. The molecule has 25 heavy (non-hydrogen) atoms. The molecular formula is C19H18BrNO4. The molecule has 6 heteroatoms. The van der Waals surface area contributed by atoms with Gasteiger partial charge in [-0.25, -0.2) is 0 Å². The highest BCUT2D eigenvalue weighted by Gasteiger charge is 2.15. The van der Waals surface area contributed by atoms with Gasteiger partial charge in [0.25, 0.3) is 5.91 Å². The molecule has 0 aliphatic heterocycles. The fourth-order valence-corrected chi connectivity index (χ4v) is 2.45. The van der Waals surface area contributed by atoms with Gasteiger partial charge in [0.05, 0.1) is 26.3 Å². The third kappa shape index (κ3) is 5.44. The Labute approximate surface area is 155 Å². The highest BCUT2D eigenvalue weighted by molar-refractivity contribution is 9.10. The zero-order valence-corrected chi connectivity index (χ0v) is 15.6. The number of hydrogen-bond donors (Lipinski definition) is 1. The molecule has 0 saturated heterocycles. The van der Waals surface area contributed by atoms with Gasteiger partial charge in [0.1, 0.15) is 12.4 Å². The highest BCUT2D eigenvalue weighted by atomic mass is 79.9. The molecule has 0 bridgehead atoms. The lowest BCUT2D eigenvalue weighted by Gasteiger charge is -2.11. The second-order valence-corrected chi connectivity index (χ2v) is 5.74. The number of methoxy groups -OCH3 is 2. The van der Waals surface area contributed by atoms with Crippen molar-refractivity contribution in [2.24, 2.45) is 0 Å². The number of rotatable bonds is 6. The number of carbonyl (C=O) groups is 1. The van der Waals surface area contributed by atoms with E-state index in [4.69, 9.17) is 14.2 Å². The number of halogens is 1. The zero-order valence-electron chi connectivity index (χ0n) is 14.0. The van der Waals surface area contributed by atoms with E-state index < -0.39 is 0 Å².